The summed E-state index contributed by atoms with van der Waals surface area (Å²) in [6, 6.07) is 22.5. The van der Waals surface area contributed by atoms with Crippen molar-refractivity contribution in [3.05, 3.63) is 94.0 Å². The van der Waals surface area contributed by atoms with E-state index in [1.54, 1.807) is 0 Å². The summed E-state index contributed by atoms with van der Waals surface area (Å²) in [6.45, 7) is 0.0711. The molecule has 2 atom stereocenters. The van der Waals surface area contributed by atoms with E-state index in [2.05, 4.69) is 15.9 Å². The van der Waals surface area contributed by atoms with Crippen LogP contribution in [0.25, 0.3) is 11.1 Å². The third kappa shape index (κ3) is 4.40. The highest BCUT2D eigenvalue weighted by atomic mass is 79.9. The Bertz CT molecular complexity index is 1070. The largest absolute Gasteiger partial charge is 0.481 e. The first-order valence-electron chi connectivity index (χ1n) is 10.0. The number of rotatable bonds is 7. The first kappa shape index (κ1) is 21.3. The summed E-state index contributed by atoms with van der Waals surface area (Å²) in [6.07, 6.45) is 0.258. The van der Waals surface area contributed by atoms with E-state index in [9.17, 15) is 14.7 Å². The van der Waals surface area contributed by atoms with Crippen LogP contribution in [0.3, 0.4) is 0 Å². The number of carboxylic acid groups (broad SMARTS) is 1. The first-order valence-corrected chi connectivity index (χ1v) is 10.8. The summed E-state index contributed by atoms with van der Waals surface area (Å²) in [5, 5.41) is 9.66. The Kier molecular flexibility index (Phi) is 6.20. The number of ether oxygens (including phenoxy) is 1. The smallest absolute Gasteiger partial charge is 0.321 e. The second-order valence-electron chi connectivity index (χ2n) is 7.67. The minimum Gasteiger partial charge on any atom is -0.481 e. The molecule has 0 saturated heterocycles. The zero-order chi connectivity index (χ0) is 22.0. The fraction of sp³-hybridized carbons (Fsp3) is 0.200. The van der Waals surface area contributed by atoms with Crippen LogP contribution in [0, 0.1) is 5.92 Å². The number of hydrogen-bond acceptors (Lipinski definition) is 4. The third-order valence-corrected chi connectivity index (χ3v) is 6.22. The van der Waals surface area contributed by atoms with Gasteiger partial charge in [-0.25, -0.2) is 0 Å². The summed E-state index contributed by atoms with van der Waals surface area (Å²) in [5.41, 5.74) is 11.4. The van der Waals surface area contributed by atoms with E-state index in [0.717, 1.165) is 32.3 Å². The van der Waals surface area contributed by atoms with E-state index >= 15 is 0 Å². The van der Waals surface area contributed by atoms with Gasteiger partial charge in [0.25, 0.3) is 0 Å². The Hall–Kier alpha value is -2.96. The second kappa shape index (κ2) is 9.04. The van der Waals surface area contributed by atoms with Gasteiger partial charge in [0.2, 0.25) is 0 Å². The highest BCUT2D eigenvalue weighted by Crippen LogP contribution is 2.44. The van der Waals surface area contributed by atoms with Crippen molar-refractivity contribution in [1.82, 2.24) is 0 Å². The maximum Gasteiger partial charge on any atom is 0.321 e. The maximum absolute atomic E-state index is 12.8. The monoisotopic (exact) mass is 479 g/mol. The summed E-state index contributed by atoms with van der Waals surface area (Å²) in [4.78, 5) is 24.6. The average Bonchev–Trinajstić information content (AvgIpc) is 3.07. The molecule has 6 heteroatoms. The van der Waals surface area contributed by atoms with Crippen molar-refractivity contribution in [1.29, 1.82) is 0 Å². The van der Waals surface area contributed by atoms with Gasteiger partial charge >= 0.3 is 11.9 Å². The van der Waals surface area contributed by atoms with Crippen molar-refractivity contribution in [2.75, 3.05) is 6.61 Å². The van der Waals surface area contributed by atoms with Crippen LogP contribution in [0.4, 0.5) is 0 Å². The Labute approximate surface area is 189 Å². The zero-order valence-corrected chi connectivity index (χ0v) is 18.3. The molecule has 3 N–H and O–H groups in total. The normalized spacial score (nSPS) is 14.4. The second-order valence-corrected chi connectivity index (χ2v) is 8.58. The third-order valence-electron chi connectivity index (χ3n) is 5.69. The number of esters is 1. The van der Waals surface area contributed by atoms with Crippen molar-refractivity contribution in [3.8, 4) is 11.1 Å². The molecule has 3 aromatic carbocycles. The quantitative estimate of drug-likeness (QED) is 0.387. The van der Waals surface area contributed by atoms with Crippen molar-refractivity contribution in [2.45, 2.75) is 18.4 Å². The highest BCUT2D eigenvalue weighted by Gasteiger charge is 2.36. The van der Waals surface area contributed by atoms with Gasteiger partial charge in [0.15, 0.2) is 5.92 Å². The number of aliphatic carboxylic acids is 1. The molecule has 0 amide bonds. The van der Waals surface area contributed by atoms with E-state index in [1.165, 1.54) is 0 Å². The van der Waals surface area contributed by atoms with Gasteiger partial charge in [-0.2, -0.15) is 0 Å². The average molecular weight is 480 g/mol. The van der Waals surface area contributed by atoms with Gasteiger partial charge in [-0.3, -0.25) is 9.59 Å². The maximum atomic E-state index is 12.8. The van der Waals surface area contributed by atoms with Crippen LogP contribution in [0.1, 0.15) is 22.6 Å². The molecule has 0 spiro atoms. The molecular formula is C25H22BrNO4. The zero-order valence-electron chi connectivity index (χ0n) is 16.7. The Morgan fingerprint density at radius 2 is 1.48 bits per heavy atom. The van der Waals surface area contributed by atoms with E-state index in [0.29, 0.717) is 0 Å². The lowest BCUT2D eigenvalue weighted by molar-refractivity contribution is -0.159. The van der Waals surface area contributed by atoms with Gasteiger partial charge in [0, 0.05) is 16.4 Å². The molecule has 1 aliphatic carbocycles. The van der Waals surface area contributed by atoms with E-state index in [4.69, 9.17) is 10.5 Å². The molecule has 0 radical (unpaired) electrons. The molecule has 158 valence electrons. The summed E-state index contributed by atoms with van der Waals surface area (Å²) in [5.74, 6) is -3.65. The van der Waals surface area contributed by atoms with Crippen molar-refractivity contribution >= 4 is 27.9 Å². The number of nitrogens with two attached hydrogens (primary N) is 1. The molecule has 0 fully saturated rings. The van der Waals surface area contributed by atoms with Crippen LogP contribution >= 0.6 is 15.9 Å². The van der Waals surface area contributed by atoms with Crippen LogP contribution in [0.5, 0.6) is 0 Å². The molecule has 0 aliphatic heterocycles. The fourth-order valence-electron chi connectivity index (χ4n) is 4.16. The predicted molar refractivity (Wildman–Crippen MR) is 122 cm³/mol. The summed E-state index contributed by atoms with van der Waals surface area (Å²) in [7, 11) is 0. The Morgan fingerprint density at radius 3 is 2.03 bits per heavy atom. The number of carboxylic acids is 1. The summed E-state index contributed by atoms with van der Waals surface area (Å²) >= 11 is 3.36. The van der Waals surface area contributed by atoms with Gasteiger partial charge in [-0.05, 0) is 46.4 Å². The number of halogens is 1. The Morgan fingerprint density at radius 1 is 0.935 bits per heavy atom. The summed E-state index contributed by atoms with van der Waals surface area (Å²) < 4.78 is 6.45. The van der Waals surface area contributed by atoms with Crippen LogP contribution in [-0.4, -0.2) is 29.7 Å². The fourth-order valence-corrected chi connectivity index (χ4v) is 4.43. The number of carbonyl (C=O) groups excluding carboxylic acids is 1. The van der Waals surface area contributed by atoms with Gasteiger partial charge in [-0.15, -0.1) is 0 Å². The van der Waals surface area contributed by atoms with Gasteiger partial charge in [-0.1, -0.05) is 76.6 Å². The lowest BCUT2D eigenvalue weighted by Crippen LogP contribution is -2.43. The molecule has 0 bridgehead atoms. The van der Waals surface area contributed by atoms with Crippen LogP contribution in [-0.2, 0) is 20.7 Å². The number of benzene rings is 3. The molecule has 5 nitrogen and oxygen atoms in total. The minimum absolute atomic E-state index is 0.0711. The van der Waals surface area contributed by atoms with Crippen molar-refractivity contribution in [3.63, 3.8) is 0 Å². The highest BCUT2D eigenvalue weighted by molar-refractivity contribution is 9.10. The lowest BCUT2D eigenvalue weighted by Gasteiger charge is -2.21. The van der Waals surface area contributed by atoms with Crippen molar-refractivity contribution < 1.29 is 19.4 Å². The predicted octanol–water partition coefficient (Wildman–Crippen LogP) is 4.38. The van der Waals surface area contributed by atoms with Gasteiger partial charge in [0.05, 0.1) is 0 Å². The Balaban J connectivity index is 1.49. The van der Waals surface area contributed by atoms with E-state index in [-0.39, 0.29) is 18.9 Å². The van der Waals surface area contributed by atoms with Crippen molar-refractivity contribution in [2.24, 2.45) is 11.7 Å². The molecule has 31 heavy (non-hydrogen) atoms. The topological polar surface area (TPSA) is 89.6 Å². The van der Waals surface area contributed by atoms with E-state index in [1.807, 2.05) is 72.8 Å². The number of hydrogen-bond donors (Lipinski definition) is 2. The standard InChI is InChI=1S/C25H22BrNO4/c26-16-11-9-15(10-12-16)13-22(27)23(24(28)29)25(30)31-14-21-19-7-3-1-5-17(19)18-6-2-4-8-20(18)21/h1-12,21-23H,13-14,27H2,(H,28,29)/t22?,23-/m0/s1. The first-order chi connectivity index (χ1) is 15.0. The number of fused-ring (bicyclic) bond motifs is 3. The molecule has 4 rings (SSSR count). The minimum atomic E-state index is -1.43. The molecule has 1 unspecified atom stereocenters. The lowest BCUT2D eigenvalue weighted by atomic mass is 9.94. The SMILES string of the molecule is NC(Cc1ccc(Br)cc1)[C@@H](C(=O)O)C(=O)OCC1c2ccccc2-c2ccccc21. The van der Waals surface area contributed by atoms with Crippen LogP contribution < -0.4 is 5.73 Å². The molecule has 3 aromatic rings. The molecule has 0 saturated carbocycles. The van der Waals surface area contributed by atoms with Crippen LogP contribution in [0.2, 0.25) is 0 Å². The van der Waals surface area contributed by atoms with Gasteiger partial charge < -0.3 is 15.6 Å². The van der Waals surface area contributed by atoms with E-state index < -0.39 is 23.9 Å². The number of carbonyl (C=O) groups is 2. The van der Waals surface area contributed by atoms with Gasteiger partial charge in [0.1, 0.15) is 6.61 Å². The van der Waals surface area contributed by atoms with Crippen LogP contribution in [0.15, 0.2) is 77.3 Å². The molecule has 0 aromatic heterocycles. The molecular weight excluding hydrogens is 458 g/mol. The molecule has 1 aliphatic rings. The molecule has 0 heterocycles.